The lowest BCUT2D eigenvalue weighted by Crippen LogP contribution is -2.69. The number of anilines is 1. The standard InChI is InChI=1S/C21H22N2O2.H2O4S/c24-18-10-16-19-13-9-17-21(6-7-22(17)11-12(13)5-8-25-16)14-3-1-2-4-15(14)23(18)20(19)21;1-5(2,3)4/h1-5,13,16-17,19-20H,6-11H2;(H2,1,2,3,4)/t13-,16?,17?,19-,20?,21+;/m0./s1. The van der Waals surface area contributed by atoms with E-state index in [0.717, 1.165) is 6.54 Å². The summed E-state index contributed by atoms with van der Waals surface area (Å²) in [6.45, 7) is 2.97. The summed E-state index contributed by atoms with van der Waals surface area (Å²) in [6, 6.07) is 9.64. The number of piperidine rings is 2. The molecule has 3 saturated heterocycles. The van der Waals surface area contributed by atoms with Crippen LogP contribution in [0.25, 0.3) is 0 Å². The maximum atomic E-state index is 13.2. The maximum Gasteiger partial charge on any atom is 0.394 e. The minimum atomic E-state index is -4.67. The predicted molar refractivity (Wildman–Crippen MR) is 108 cm³/mol. The van der Waals surface area contributed by atoms with E-state index in [1.807, 2.05) is 0 Å². The summed E-state index contributed by atoms with van der Waals surface area (Å²) in [4.78, 5) is 18.1. The number of para-hydroxylation sites is 1. The van der Waals surface area contributed by atoms with Gasteiger partial charge in [0.15, 0.2) is 0 Å². The normalized spacial score (nSPS) is 40.2. The molecule has 160 valence electrons. The van der Waals surface area contributed by atoms with Gasteiger partial charge in [-0.3, -0.25) is 18.8 Å². The van der Waals surface area contributed by atoms with Crippen molar-refractivity contribution in [3.63, 3.8) is 0 Å². The molecule has 1 aromatic rings. The van der Waals surface area contributed by atoms with Crippen molar-refractivity contribution >= 4 is 22.0 Å². The van der Waals surface area contributed by atoms with E-state index in [1.165, 1.54) is 30.6 Å². The van der Waals surface area contributed by atoms with Gasteiger partial charge in [0.1, 0.15) is 0 Å². The van der Waals surface area contributed by atoms with E-state index in [2.05, 4.69) is 40.1 Å². The van der Waals surface area contributed by atoms with E-state index < -0.39 is 10.4 Å². The summed E-state index contributed by atoms with van der Waals surface area (Å²) in [5, 5.41) is 0. The van der Waals surface area contributed by atoms with Crippen LogP contribution in [0.3, 0.4) is 0 Å². The summed E-state index contributed by atoms with van der Waals surface area (Å²) in [6.07, 6.45) is 5.43. The third-order valence-electron chi connectivity index (χ3n) is 8.22. The minimum absolute atomic E-state index is 0.104. The molecule has 2 N–H and O–H groups in total. The molecule has 5 aliphatic heterocycles. The molecule has 0 radical (unpaired) electrons. The Bertz CT molecular complexity index is 1060. The number of carbonyl (C=O) groups is 1. The fourth-order valence-electron chi connectivity index (χ4n) is 7.51. The Morgan fingerprint density at radius 1 is 1.20 bits per heavy atom. The number of nitrogens with zero attached hydrogens (tertiary/aromatic N) is 2. The quantitative estimate of drug-likeness (QED) is 0.472. The monoisotopic (exact) mass is 432 g/mol. The first-order valence-electron chi connectivity index (χ1n) is 10.4. The van der Waals surface area contributed by atoms with Crippen LogP contribution < -0.4 is 4.90 Å². The molecule has 1 spiro atoms. The van der Waals surface area contributed by atoms with E-state index in [9.17, 15) is 4.79 Å². The number of amides is 1. The van der Waals surface area contributed by atoms with Crippen LogP contribution in [-0.2, 0) is 25.3 Å². The summed E-state index contributed by atoms with van der Waals surface area (Å²) in [5.74, 6) is 1.35. The Kier molecular flexibility index (Phi) is 3.88. The second kappa shape index (κ2) is 6.14. The van der Waals surface area contributed by atoms with Crippen molar-refractivity contribution in [2.75, 3.05) is 24.6 Å². The Hall–Kier alpha value is -1.78. The highest BCUT2D eigenvalue weighted by molar-refractivity contribution is 7.79. The number of benzene rings is 1. The van der Waals surface area contributed by atoms with Crippen molar-refractivity contribution < 1.29 is 27.1 Å². The van der Waals surface area contributed by atoms with E-state index in [0.29, 0.717) is 36.9 Å². The molecular formula is C21H24N2O6S. The van der Waals surface area contributed by atoms with Gasteiger partial charge in [0.25, 0.3) is 0 Å². The van der Waals surface area contributed by atoms with Crippen LogP contribution in [0, 0.1) is 11.8 Å². The molecular weight excluding hydrogens is 408 g/mol. The number of hydrogen-bond donors (Lipinski definition) is 2. The van der Waals surface area contributed by atoms with Crippen molar-refractivity contribution in [2.45, 2.75) is 42.9 Å². The zero-order chi connectivity index (χ0) is 20.8. The second-order valence-electron chi connectivity index (χ2n) is 9.22. The lowest BCUT2D eigenvalue weighted by atomic mass is 9.53. The lowest BCUT2D eigenvalue weighted by Gasteiger charge is -2.58. The Labute approximate surface area is 175 Å². The lowest BCUT2D eigenvalue weighted by molar-refractivity contribution is -0.132. The van der Waals surface area contributed by atoms with Crippen LogP contribution in [0.4, 0.5) is 5.69 Å². The Morgan fingerprint density at radius 2 is 1.97 bits per heavy atom. The fourth-order valence-corrected chi connectivity index (χ4v) is 7.51. The van der Waals surface area contributed by atoms with Crippen molar-refractivity contribution in [3.05, 3.63) is 41.5 Å². The van der Waals surface area contributed by atoms with Crippen molar-refractivity contribution in [1.29, 1.82) is 0 Å². The highest BCUT2D eigenvalue weighted by Gasteiger charge is 2.70. The van der Waals surface area contributed by atoms with E-state index >= 15 is 0 Å². The molecule has 6 atom stereocenters. The van der Waals surface area contributed by atoms with Crippen molar-refractivity contribution in [2.24, 2.45) is 11.8 Å². The molecule has 2 bridgehead atoms. The molecule has 6 aliphatic rings. The van der Waals surface area contributed by atoms with Crippen LogP contribution >= 0.6 is 0 Å². The smallest absolute Gasteiger partial charge is 0.373 e. The molecule has 9 heteroatoms. The molecule has 5 heterocycles. The topological polar surface area (TPSA) is 107 Å². The molecule has 30 heavy (non-hydrogen) atoms. The van der Waals surface area contributed by atoms with Crippen molar-refractivity contribution in [3.8, 4) is 0 Å². The Morgan fingerprint density at radius 3 is 2.77 bits per heavy atom. The van der Waals surface area contributed by atoms with Gasteiger partial charge in [0.05, 0.1) is 25.2 Å². The highest BCUT2D eigenvalue weighted by Crippen LogP contribution is 2.65. The van der Waals surface area contributed by atoms with Crippen LogP contribution in [0.2, 0.25) is 0 Å². The summed E-state index contributed by atoms with van der Waals surface area (Å²) < 4.78 is 37.8. The molecule has 4 fully saturated rings. The molecule has 3 unspecified atom stereocenters. The Balaban J connectivity index is 0.000000318. The molecule has 8 nitrogen and oxygen atoms in total. The number of ether oxygens (including phenoxy) is 1. The van der Waals surface area contributed by atoms with Crippen LogP contribution in [0.5, 0.6) is 0 Å². The number of carbonyl (C=O) groups excluding carboxylic acids is 1. The van der Waals surface area contributed by atoms with E-state index in [-0.39, 0.29) is 17.4 Å². The van der Waals surface area contributed by atoms with Gasteiger partial charge in [-0.2, -0.15) is 8.42 Å². The largest absolute Gasteiger partial charge is 0.394 e. The van der Waals surface area contributed by atoms with Crippen LogP contribution in [-0.4, -0.2) is 66.2 Å². The zero-order valence-corrected chi connectivity index (χ0v) is 17.2. The third kappa shape index (κ3) is 2.41. The van der Waals surface area contributed by atoms with Gasteiger partial charge < -0.3 is 9.64 Å². The van der Waals surface area contributed by atoms with Crippen LogP contribution in [0.15, 0.2) is 35.9 Å². The maximum absolute atomic E-state index is 13.2. The summed E-state index contributed by atoms with van der Waals surface area (Å²) in [7, 11) is -4.67. The number of rotatable bonds is 0. The molecule has 1 saturated carbocycles. The van der Waals surface area contributed by atoms with Gasteiger partial charge in [-0.05, 0) is 36.9 Å². The number of fused-ring (bicyclic) bond motifs is 2. The average molecular weight is 432 g/mol. The third-order valence-corrected chi connectivity index (χ3v) is 8.22. The van der Waals surface area contributed by atoms with E-state index in [4.69, 9.17) is 22.3 Å². The summed E-state index contributed by atoms with van der Waals surface area (Å²) >= 11 is 0. The van der Waals surface area contributed by atoms with Gasteiger partial charge in [-0.1, -0.05) is 29.8 Å². The zero-order valence-electron chi connectivity index (χ0n) is 16.3. The molecule has 0 aromatic heterocycles. The van der Waals surface area contributed by atoms with E-state index in [1.54, 1.807) is 5.57 Å². The van der Waals surface area contributed by atoms with Gasteiger partial charge in [0, 0.05) is 29.6 Å². The first-order chi connectivity index (χ1) is 14.3. The van der Waals surface area contributed by atoms with Crippen LogP contribution in [0.1, 0.15) is 24.8 Å². The molecule has 1 aromatic carbocycles. The van der Waals surface area contributed by atoms with Gasteiger partial charge in [-0.15, -0.1) is 0 Å². The average Bonchev–Trinajstić information content (AvgIpc) is 3.15. The molecule has 7 rings (SSSR count). The highest BCUT2D eigenvalue weighted by atomic mass is 32.3. The first-order valence-corrected chi connectivity index (χ1v) is 11.8. The first kappa shape index (κ1) is 18.9. The van der Waals surface area contributed by atoms with Crippen molar-refractivity contribution in [1.82, 2.24) is 4.90 Å². The molecule has 1 aliphatic carbocycles. The SMILES string of the molecule is O=C1CC2OCC=C3CN4CC[C@]56c7ccccc7N1C5[C@H]2[C@H]3CC46.O=S(=O)(O)O. The fraction of sp³-hybridized carbons (Fsp3) is 0.571. The predicted octanol–water partition coefficient (Wildman–Crippen LogP) is 1.44. The van der Waals surface area contributed by atoms with Gasteiger partial charge in [0.2, 0.25) is 5.91 Å². The van der Waals surface area contributed by atoms with Gasteiger partial charge in [-0.25, -0.2) is 0 Å². The number of hydrogen-bond acceptors (Lipinski definition) is 5. The molecule has 1 amide bonds. The van der Waals surface area contributed by atoms with Gasteiger partial charge >= 0.3 is 10.4 Å². The second-order valence-corrected chi connectivity index (χ2v) is 10.1. The minimum Gasteiger partial charge on any atom is -0.373 e. The summed E-state index contributed by atoms with van der Waals surface area (Å²) in [5.41, 5.74) is 4.35.